The van der Waals surface area contributed by atoms with Gasteiger partial charge in [-0.05, 0) is 30.3 Å². The quantitative estimate of drug-likeness (QED) is 0.570. The predicted octanol–water partition coefficient (Wildman–Crippen LogP) is 2.37. The molecule has 0 bridgehead atoms. The van der Waals surface area contributed by atoms with Gasteiger partial charge in [-0.1, -0.05) is 12.1 Å². The predicted molar refractivity (Wildman–Crippen MR) is 78.0 cm³/mol. The second kappa shape index (κ2) is 4.24. The zero-order valence-corrected chi connectivity index (χ0v) is 10.9. The average molecular weight is 281 g/mol. The molecule has 2 heterocycles. The Balaban J connectivity index is 1.82. The first-order valence-corrected chi connectivity index (χ1v) is 6.44. The summed E-state index contributed by atoms with van der Waals surface area (Å²) in [4.78, 5) is 16.3. The minimum atomic E-state index is -0.432. The number of nitrogens with zero attached hydrogens (tertiary/aromatic N) is 2. The van der Waals surface area contributed by atoms with Crippen LogP contribution in [-0.2, 0) is 6.54 Å². The molecular formula is C15H11N3O3. The molecule has 0 fully saturated rings. The zero-order valence-electron chi connectivity index (χ0n) is 10.9. The van der Waals surface area contributed by atoms with Crippen LogP contribution in [0.25, 0.3) is 22.2 Å². The van der Waals surface area contributed by atoms with Gasteiger partial charge in [0.05, 0.1) is 5.52 Å². The normalized spacial score (nSPS) is 11.4. The Morgan fingerprint density at radius 3 is 2.86 bits per heavy atom. The summed E-state index contributed by atoms with van der Waals surface area (Å²) in [5, 5.41) is 0. The van der Waals surface area contributed by atoms with Crippen molar-refractivity contribution in [3.05, 3.63) is 58.9 Å². The van der Waals surface area contributed by atoms with Crippen molar-refractivity contribution in [1.29, 1.82) is 0 Å². The molecule has 0 atom stereocenters. The summed E-state index contributed by atoms with van der Waals surface area (Å²) in [6.07, 6.45) is 0. The van der Waals surface area contributed by atoms with Crippen molar-refractivity contribution >= 4 is 27.9 Å². The van der Waals surface area contributed by atoms with E-state index in [0.717, 1.165) is 0 Å². The highest BCUT2D eigenvalue weighted by molar-refractivity contribution is 5.76. The number of anilines is 1. The highest BCUT2D eigenvalue weighted by Gasteiger charge is 2.12. The second-order valence-corrected chi connectivity index (χ2v) is 4.76. The Labute approximate surface area is 118 Å². The number of hydrogen-bond acceptors (Lipinski definition) is 5. The molecule has 104 valence electrons. The monoisotopic (exact) mass is 281 g/mol. The van der Waals surface area contributed by atoms with E-state index in [0.29, 0.717) is 33.8 Å². The van der Waals surface area contributed by atoms with Crippen LogP contribution in [0.5, 0.6) is 0 Å². The van der Waals surface area contributed by atoms with Crippen LogP contribution >= 0.6 is 0 Å². The van der Waals surface area contributed by atoms with Gasteiger partial charge < -0.3 is 14.6 Å². The third-order valence-electron chi connectivity index (χ3n) is 3.32. The number of para-hydroxylation sites is 2. The van der Waals surface area contributed by atoms with Crippen molar-refractivity contribution in [3.63, 3.8) is 0 Å². The number of nitrogens with two attached hydrogens (primary N) is 1. The Hall–Kier alpha value is -3.02. The SMILES string of the molecule is Nc1ccc2oc(Cn3c(=O)oc4ccccc43)nc2c1. The van der Waals surface area contributed by atoms with Gasteiger partial charge in [0.15, 0.2) is 11.2 Å². The molecule has 0 radical (unpaired) electrons. The summed E-state index contributed by atoms with van der Waals surface area (Å²) in [5.74, 6) is 0.00206. The maximum atomic E-state index is 11.9. The van der Waals surface area contributed by atoms with E-state index in [-0.39, 0.29) is 6.54 Å². The lowest BCUT2D eigenvalue weighted by Gasteiger charge is -1.96. The van der Waals surface area contributed by atoms with E-state index in [1.165, 1.54) is 4.57 Å². The number of benzene rings is 2. The Morgan fingerprint density at radius 1 is 1.10 bits per heavy atom. The molecule has 2 aromatic heterocycles. The molecule has 0 amide bonds. The smallest absolute Gasteiger partial charge is 0.420 e. The Kier molecular flexibility index (Phi) is 2.38. The summed E-state index contributed by atoms with van der Waals surface area (Å²) < 4.78 is 12.3. The second-order valence-electron chi connectivity index (χ2n) is 4.76. The fourth-order valence-corrected chi connectivity index (χ4v) is 2.36. The minimum Gasteiger partial charge on any atom is -0.439 e. The molecule has 0 aliphatic rings. The molecule has 6 heteroatoms. The first-order chi connectivity index (χ1) is 10.2. The van der Waals surface area contributed by atoms with E-state index in [1.807, 2.05) is 18.2 Å². The molecule has 0 saturated carbocycles. The van der Waals surface area contributed by atoms with Crippen LogP contribution in [0.15, 0.2) is 56.1 Å². The first-order valence-electron chi connectivity index (χ1n) is 6.44. The van der Waals surface area contributed by atoms with Crippen LogP contribution in [0.2, 0.25) is 0 Å². The van der Waals surface area contributed by atoms with Crippen molar-refractivity contribution in [2.75, 3.05) is 5.73 Å². The van der Waals surface area contributed by atoms with Gasteiger partial charge in [0.1, 0.15) is 12.1 Å². The maximum absolute atomic E-state index is 11.9. The largest absolute Gasteiger partial charge is 0.439 e. The van der Waals surface area contributed by atoms with Crippen molar-refractivity contribution < 1.29 is 8.83 Å². The Bertz CT molecular complexity index is 1010. The van der Waals surface area contributed by atoms with Crippen molar-refractivity contribution in [2.24, 2.45) is 0 Å². The number of nitrogen functional groups attached to an aromatic ring is 1. The molecule has 0 saturated heterocycles. The van der Waals surface area contributed by atoms with Crippen LogP contribution in [0.1, 0.15) is 5.89 Å². The molecule has 2 N–H and O–H groups in total. The molecule has 2 aromatic carbocycles. The molecule has 4 rings (SSSR count). The average Bonchev–Trinajstić information content (AvgIpc) is 3.00. The molecule has 21 heavy (non-hydrogen) atoms. The highest BCUT2D eigenvalue weighted by Crippen LogP contribution is 2.20. The molecule has 4 aromatic rings. The Morgan fingerprint density at radius 2 is 1.95 bits per heavy atom. The molecule has 0 spiro atoms. The highest BCUT2D eigenvalue weighted by atomic mass is 16.4. The van der Waals surface area contributed by atoms with Crippen molar-refractivity contribution in [2.45, 2.75) is 6.54 Å². The number of rotatable bonds is 2. The lowest BCUT2D eigenvalue weighted by molar-refractivity contribution is 0.472. The standard InChI is InChI=1S/C15H11N3O3/c16-9-5-6-12-10(7-9)17-14(20-12)8-18-11-3-1-2-4-13(11)21-15(18)19/h1-7H,8,16H2. The summed E-state index contributed by atoms with van der Waals surface area (Å²) in [6.45, 7) is 0.213. The van der Waals surface area contributed by atoms with E-state index in [2.05, 4.69) is 4.98 Å². The molecule has 6 nitrogen and oxygen atoms in total. The molecular weight excluding hydrogens is 270 g/mol. The van der Waals surface area contributed by atoms with Gasteiger partial charge in [0, 0.05) is 5.69 Å². The van der Waals surface area contributed by atoms with Crippen LogP contribution in [0.3, 0.4) is 0 Å². The fraction of sp³-hybridized carbons (Fsp3) is 0.0667. The van der Waals surface area contributed by atoms with Crippen LogP contribution in [0, 0.1) is 0 Å². The van der Waals surface area contributed by atoms with E-state index in [4.69, 9.17) is 14.6 Å². The minimum absolute atomic E-state index is 0.213. The third kappa shape index (κ3) is 1.88. The lowest BCUT2D eigenvalue weighted by atomic mass is 10.3. The van der Waals surface area contributed by atoms with Gasteiger partial charge in [0.2, 0.25) is 5.89 Å². The van der Waals surface area contributed by atoms with E-state index in [9.17, 15) is 4.79 Å². The first kappa shape index (κ1) is 11.8. The van der Waals surface area contributed by atoms with Crippen LogP contribution < -0.4 is 11.5 Å². The van der Waals surface area contributed by atoms with Gasteiger partial charge in [-0.25, -0.2) is 9.78 Å². The molecule has 0 unspecified atom stereocenters. The fourth-order valence-electron chi connectivity index (χ4n) is 2.36. The van der Waals surface area contributed by atoms with Gasteiger partial charge in [-0.3, -0.25) is 4.57 Å². The van der Waals surface area contributed by atoms with Gasteiger partial charge in [0.25, 0.3) is 0 Å². The van der Waals surface area contributed by atoms with Gasteiger partial charge in [-0.15, -0.1) is 0 Å². The van der Waals surface area contributed by atoms with Crippen LogP contribution in [0.4, 0.5) is 5.69 Å². The van der Waals surface area contributed by atoms with Crippen molar-refractivity contribution in [1.82, 2.24) is 9.55 Å². The number of aromatic nitrogens is 2. The third-order valence-corrected chi connectivity index (χ3v) is 3.32. The summed E-state index contributed by atoms with van der Waals surface area (Å²) in [5.41, 5.74) is 8.90. The zero-order chi connectivity index (χ0) is 14.4. The lowest BCUT2D eigenvalue weighted by Crippen LogP contribution is -2.14. The number of fused-ring (bicyclic) bond motifs is 2. The summed E-state index contributed by atoms with van der Waals surface area (Å²) in [7, 11) is 0. The topological polar surface area (TPSA) is 87.2 Å². The van der Waals surface area contributed by atoms with Crippen LogP contribution in [-0.4, -0.2) is 9.55 Å². The summed E-state index contributed by atoms with van der Waals surface area (Å²) in [6, 6.07) is 12.5. The summed E-state index contributed by atoms with van der Waals surface area (Å²) >= 11 is 0. The number of hydrogen-bond donors (Lipinski definition) is 1. The molecule has 0 aliphatic carbocycles. The van der Waals surface area contributed by atoms with E-state index in [1.54, 1.807) is 24.3 Å². The maximum Gasteiger partial charge on any atom is 0.420 e. The van der Waals surface area contributed by atoms with E-state index >= 15 is 0 Å². The molecule has 0 aliphatic heterocycles. The van der Waals surface area contributed by atoms with E-state index < -0.39 is 5.76 Å². The van der Waals surface area contributed by atoms with Gasteiger partial charge >= 0.3 is 5.76 Å². The van der Waals surface area contributed by atoms with Crippen molar-refractivity contribution in [3.8, 4) is 0 Å². The van der Waals surface area contributed by atoms with Gasteiger partial charge in [-0.2, -0.15) is 0 Å². The number of oxazole rings is 2.